The predicted molar refractivity (Wildman–Crippen MR) is 43.8 cm³/mol. The largest absolute Gasteiger partial charge is 0.505 e. The highest BCUT2D eigenvalue weighted by Gasteiger charge is 2.02. The van der Waals surface area contributed by atoms with E-state index in [-0.39, 0.29) is 11.9 Å². The molecule has 0 bridgehead atoms. The summed E-state index contributed by atoms with van der Waals surface area (Å²) in [6.07, 6.45) is 0.0230. The van der Waals surface area contributed by atoms with Crippen molar-refractivity contribution >= 4 is 0 Å². The Hall–Kier alpha value is -1.25. The Kier molecular flexibility index (Phi) is 2.53. The van der Waals surface area contributed by atoms with Gasteiger partial charge >= 0.3 is 0 Å². The molecule has 0 aliphatic heterocycles. The van der Waals surface area contributed by atoms with Gasteiger partial charge in [-0.2, -0.15) is 0 Å². The fraction of sp³-hybridized carbons (Fsp3) is 0.333. The van der Waals surface area contributed by atoms with E-state index in [4.69, 9.17) is 9.84 Å². The molecular weight excluding hydrogens is 159 g/mol. The van der Waals surface area contributed by atoms with Crippen molar-refractivity contribution in [1.29, 1.82) is 0 Å². The summed E-state index contributed by atoms with van der Waals surface area (Å²) in [6, 6.07) is 3.91. The Labute approximate surface area is 70.6 Å². The maximum atomic E-state index is 12.5. The molecule has 0 saturated heterocycles. The second kappa shape index (κ2) is 3.43. The molecule has 0 fully saturated rings. The molecule has 0 saturated carbocycles. The number of phenols is 1. The van der Waals surface area contributed by atoms with E-state index in [1.54, 1.807) is 0 Å². The van der Waals surface area contributed by atoms with E-state index >= 15 is 0 Å². The normalized spacial score (nSPS) is 10.3. The first-order chi connectivity index (χ1) is 5.59. The fourth-order valence-corrected chi connectivity index (χ4v) is 0.838. The maximum Gasteiger partial charge on any atom is 0.165 e. The van der Waals surface area contributed by atoms with Crippen molar-refractivity contribution in [2.75, 3.05) is 0 Å². The van der Waals surface area contributed by atoms with Crippen molar-refractivity contribution in [3.63, 3.8) is 0 Å². The van der Waals surface area contributed by atoms with Crippen LogP contribution in [0, 0.1) is 5.82 Å². The molecule has 1 rings (SSSR count). The molecule has 12 heavy (non-hydrogen) atoms. The quantitative estimate of drug-likeness (QED) is 0.738. The minimum Gasteiger partial charge on any atom is -0.505 e. The summed E-state index contributed by atoms with van der Waals surface area (Å²) in [5.74, 6) is -0.539. The second-order valence-corrected chi connectivity index (χ2v) is 2.78. The lowest BCUT2D eigenvalue weighted by molar-refractivity contribution is 0.241. The standard InChI is InChI=1S/C9H11FO2/c1-6(2)12-7-3-4-8(10)9(11)5-7/h3-6,11H,1-2H3. The number of benzene rings is 1. The summed E-state index contributed by atoms with van der Waals surface area (Å²) in [4.78, 5) is 0. The van der Waals surface area contributed by atoms with Crippen LogP contribution in [-0.4, -0.2) is 11.2 Å². The molecule has 1 aromatic carbocycles. The van der Waals surface area contributed by atoms with Gasteiger partial charge < -0.3 is 9.84 Å². The zero-order valence-corrected chi connectivity index (χ0v) is 7.04. The van der Waals surface area contributed by atoms with Crippen LogP contribution >= 0.6 is 0 Å². The second-order valence-electron chi connectivity index (χ2n) is 2.78. The molecule has 66 valence electrons. The Morgan fingerprint density at radius 2 is 2.08 bits per heavy atom. The molecule has 0 aliphatic carbocycles. The lowest BCUT2D eigenvalue weighted by Crippen LogP contribution is -2.05. The molecule has 1 N–H and O–H groups in total. The Bertz CT molecular complexity index is 271. The third-order valence-electron chi connectivity index (χ3n) is 1.29. The average Bonchev–Trinajstić information content (AvgIpc) is 1.96. The molecular formula is C9H11FO2. The number of phenolic OH excluding ortho intramolecular Hbond substituents is 1. The number of ether oxygens (including phenoxy) is 1. The number of hydrogen-bond acceptors (Lipinski definition) is 2. The zero-order chi connectivity index (χ0) is 9.14. The van der Waals surface area contributed by atoms with E-state index in [2.05, 4.69) is 0 Å². The molecule has 0 atom stereocenters. The van der Waals surface area contributed by atoms with Gasteiger partial charge in [0.2, 0.25) is 0 Å². The van der Waals surface area contributed by atoms with Crippen LogP contribution in [0.2, 0.25) is 0 Å². The lowest BCUT2D eigenvalue weighted by atomic mass is 10.3. The monoisotopic (exact) mass is 170 g/mol. The van der Waals surface area contributed by atoms with Gasteiger partial charge in [-0.15, -0.1) is 0 Å². The van der Waals surface area contributed by atoms with E-state index in [9.17, 15) is 4.39 Å². The minimum absolute atomic E-state index is 0.0230. The molecule has 0 radical (unpaired) electrons. The molecule has 2 nitrogen and oxygen atoms in total. The van der Waals surface area contributed by atoms with Crippen LogP contribution in [0.5, 0.6) is 11.5 Å². The van der Waals surface area contributed by atoms with E-state index in [1.807, 2.05) is 13.8 Å². The van der Waals surface area contributed by atoms with Gasteiger partial charge in [0.25, 0.3) is 0 Å². The summed E-state index contributed by atoms with van der Waals surface area (Å²) >= 11 is 0. The Balaban J connectivity index is 2.82. The van der Waals surface area contributed by atoms with Crippen molar-refractivity contribution < 1.29 is 14.2 Å². The topological polar surface area (TPSA) is 29.5 Å². The Morgan fingerprint density at radius 1 is 1.42 bits per heavy atom. The number of halogens is 1. The van der Waals surface area contributed by atoms with Gasteiger partial charge in [-0.1, -0.05) is 0 Å². The van der Waals surface area contributed by atoms with E-state index in [1.165, 1.54) is 18.2 Å². The highest BCUT2D eigenvalue weighted by molar-refractivity contribution is 5.33. The summed E-state index contributed by atoms with van der Waals surface area (Å²) in [5.41, 5.74) is 0. The van der Waals surface area contributed by atoms with Gasteiger partial charge in [0.15, 0.2) is 11.6 Å². The number of rotatable bonds is 2. The molecule has 1 aromatic rings. The smallest absolute Gasteiger partial charge is 0.165 e. The maximum absolute atomic E-state index is 12.5. The van der Waals surface area contributed by atoms with Crippen LogP contribution in [0.3, 0.4) is 0 Å². The van der Waals surface area contributed by atoms with Crippen molar-refractivity contribution in [2.45, 2.75) is 20.0 Å². The molecule has 0 aromatic heterocycles. The van der Waals surface area contributed by atoms with Gasteiger partial charge in [0.05, 0.1) is 6.10 Å². The molecule has 0 unspecified atom stereocenters. The average molecular weight is 170 g/mol. The van der Waals surface area contributed by atoms with Crippen molar-refractivity contribution in [3.8, 4) is 11.5 Å². The van der Waals surface area contributed by atoms with Gasteiger partial charge in [0, 0.05) is 6.07 Å². The molecule has 0 spiro atoms. The van der Waals surface area contributed by atoms with Crippen LogP contribution in [0.1, 0.15) is 13.8 Å². The first kappa shape index (κ1) is 8.84. The fourth-order valence-electron chi connectivity index (χ4n) is 0.838. The lowest BCUT2D eigenvalue weighted by Gasteiger charge is -2.09. The summed E-state index contributed by atoms with van der Waals surface area (Å²) in [5, 5.41) is 8.96. The van der Waals surface area contributed by atoms with E-state index < -0.39 is 5.82 Å². The predicted octanol–water partition coefficient (Wildman–Crippen LogP) is 2.32. The van der Waals surface area contributed by atoms with Gasteiger partial charge in [0.1, 0.15) is 5.75 Å². The highest BCUT2D eigenvalue weighted by atomic mass is 19.1. The SMILES string of the molecule is CC(C)Oc1ccc(F)c(O)c1. The number of hydrogen-bond donors (Lipinski definition) is 1. The summed E-state index contributed by atoms with van der Waals surface area (Å²) in [7, 11) is 0. The van der Waals surface area contributed by atoms with Gasteiger partial charge in [-0.25, -0.2) is 4.39 Å². The minimum atomic E-state index is -0.633. The van der Waals surface area contributed by atoms with E-state index in [0.29, 0.717) is 5.75 Å². The van der Waals surface area contributed by atoms with Crippen LogP contribution in [-0.2, 0) is 0 Å². The van der Waals surface area contributed by atoms with Crippen LogP contribution in [0.25, 0.3) is 0 Å². The van der Waals surface area contributed by atoms with Crippen molar-refractivity contribution in [1.82, 2.24) is 0 Å². The van der Waals surface area contributed by atoms with Crippen LogP contribution in [0.4, 0.5) is 4.39 Å². The molecule has 0 heterocycles. The number of aromatic hydroxyl groups is 1. The third-order valence-corrected chi connectivity index (χ3v) is 1.29. The third kappa shape index (κ3) is 2.12. The van der Waals surface area contributed by atoms with Crippen molar-refractivity contribution in [3.05, 3.63) is 24.0 Å². The van der Waals surface area contributed by atoms with Crippen molar-refractivity contribution in [2.24, 2.45) is 0 Å². The summed E-state index contributed by atoms with van der Waals surface area (Å²) < 4.78 is 17.8. The Morgan fingerprint density at radius 3 is 2.58 bits per heavy atom. The zero-order valence-electron chi connectivity index (χ0n) is 7.04. The van der Waals surface area contributed by atoms with Crippen LogP contribution < -0.4 is 4.74 Å². The van der Waals surface area contributed by atoms with Gasteiger partial charge in [-0.05, 0) is 26.0 Å². The molecule has 0 aliphatic rings. The first-order valence-corrected chi connectivity index (χ1v) is 3.75. The highest BCUT2D eigenvalue weighted by Crippen LogP contribution is 2.22. The molecule has 3 heteroatoms. The molecule has 0 amide bonds. The first-order valence-electron chi connectivity index (χ1n) is 3.75. The van der Waals surface area contributed by atoms with E-state index in [0.717, 1.165) is 0 Å². The van der Waals surface area contributed by atoms with Gasteiger partial charge in [-0.3, -0.25) is 0 Å². The van der Waals surface area contributed by atoms with Crippen LogP contribution in [0.15, 0.2) is 18.2 Å². The summed E-state index contributed by atoms with van der Waals surface area (Å²) in [6.45, 7) is 3.72.